The van der Waals surface area contributed by atoms with Gasteiger partial charge < -0.3 is 9.64 Å². The number of H-pyrrole nitrogens is 1. The molecule has 3 rings (SSSR count). The van der Waals surface area contributed by atoms with Gasteiger partial charge in [0, 0.05) is 45.4 Å². The van der Waals surface area contributed by atoms with Crippen LogP contribution in [0.25, 0.3) is 0 Å². The van der Waals surface area contributed by atoms with Gasteiger partial charge in [0.2, 0.25) is 5.91 Å². The molecule has 0 unspecified atom stereocenters. The molecule has 0 radical (unpaired) electrons. The van der Waals surface area contributed by atoms with E-state index in [9.17, 15) is 13.6 Å². The number of ether oxygens (including phenoxy) is 1. The van der Waals surface area contributed by atoms with E-state index in [1.54, 1.807) is 16.9 Å². The molecule has 0 aromatic carbocycles. The second kappa shape index (κ2) is 6.40. The third-order valence-electron chi connectivity index (χ3n) is 4.89. The van der Waals surface area contributed by atoms with E-state index < -0.39 is 11.3 Å². The second-order valence-electron chi connectivity index (χ2n) is 7.04. The molecule has 2 aliphatic rings. The monoisotopic (exact) mass is 342 g/mol. The Balaban J connectivity index is 1.74. The van der Waals surface area contributed by atoms with Gasteiger partial charge in [-0.15, -0.1) is 0 Å². The van der Waals surface area contributed by atoms with Gasteiger partial charge in [-0.2, -0.15) is 5.10 Å². The third-order valence-corrected chi connectivity index (χ3v) is 4.89. The largest absolute Gasteiger partial charge is 0.383 e. The van der Waals surface area contributed by atoms with Gasteiger partial charge in [-0.25, -0.2) is 8.78 Å². The van der Waals surface area contributed by atoms with Crippen molar-refractivity contribution < 1.29 is 18.3 Å². The number of hydrogen-bond donors (Lipinski definition) is 1. The van der Waals surface area contributed by atoms with Gasteiger partial charge in [-0.3, -0.25) is 14.8 Å². The van der Waals surface area contributed by atoms with Crippen molar-refractivity contribution in [3.63, 3.8) is 0 Å². The van der Waals surface area contributed by atoms with Crippen LogP contribution in [0.4, 0.5) is 8.78 Å². The van der Waals surface area contributed by atoms with Crippen LogP contribution >= 0.6 is 0 Å². The summed E-state index contributed by atoms with van der Waals surface area (Å²) in [5, 5.41) is 6.95. The summed E-state index contributed by atoms with van der Waals surface area (Å²) in [6.07, 6.45) is 0.111. The van der Waals surface area contributed by atoms with Crippen molar-refractivity contribution in [3.8, 4) is 0 Å². The van der Waals surface area contributed by atoms with Crippen LogP contribution in [0.1, 0.15) is 24.2 Å². The maximum absolute atomic E-state index is 14.3. The Morgan fingerprint density at radius 3 is 2.88 bits per heavy atom. The number of nitrogens with zero attached hydrogens (tertiary/aromatic N) is 3. The number of carbonyl (C=O) groups excluding carboxylic acids is 1. The molecule has 8 heteroatoms. The van der Waals surface area contributed by atoms with Crippen molar-refractivity contribution in [1.82, 2.24) is 20.0 Å². The van der Waals surface area contributed by atoms with Crippen molar-refractivity contribution in [1.29, 1.82) is 0 Å². The number of likely N-dealkylation sites (tertiary alicyclic amines) is 2. The summed E-state index contributed by atoms with van der Waals surface area (Å²) in [6.45, 7) is 3.64. The number of nitrogens with one attached hydrogen (secondary N) is 1. The molecule has 0 saturated carbocycles. The van der Waals surface area contributed by atoms with E-state index in [1.807, 2.05) is 13.0 Å². The fourth-order valence-electron chi connectivity index (χ4n) is 3.93. The van der Waals surface area contributed by atoms with Crippen LogP contribution in [0.15, 0.2) is 6.07 Å². The van der Waals surface area contributed by atoms with E-state index in [-0.39, 0.29) is 18.9 Å². The Labute approximate surface area is 140 Å². The first-order valence-electron chi connectivity index (χ1n) is 8.23. The highest BCUT2D eigenvalue weighted by Crippen LogP contribution is 2.45. The number of aromatic nitrogens is 2. The smallest absolute Gasteiger partial charge is 0.261 e. The molecule has 2 fully saturated rings. The minimum atomic E-state index is -2.86. The predicted octanol–water partition coefficient (Wildman–Crippen LogP) is 1.42. The Morgan fingerprint density at radius 1 is 1.42 bits per heavy atom. The molecule has 3 heterocycles. The van der Waals surface area contributed by atoms with Gasteiger partial charge in [0.15, 0.2) is 0 Å². The summed E-state index contributed by atoms with van der Waals surface area (Å²) in [6, 6.07) is 1.85. The fraction of sp³-hybridized carbons (Fsp3) is 0.750. The van der Waals surface area contributed by atoms with Crippen LogP contribution in [-0.4, -0.2) is 71.7 Å². The maximum Gasteiger partial charge on any atom is 0.261 e. The minimum Gasteiger partial charge on any atom is -0.383 e. The first-order valence-corrected chi connectivity index (χ1v) is 8.23. The molecule has 1 aromatic rings. The van der Waals surface area contributed by atoms with Crippen molar-refractivity contribution in [2.45, 2.75) is 32.2 Å². The SMILES string of the molecule is COCCN1CC[C@]2(CN(Cc3cc(C)[nH]n3)CC(F)(F)C2)C1=O. The van der Waals surface area contributed by atoms with Crippen LogP contribution in [0.2, 0.25) is 0 Å². The van der Waals surface area contributed by atoms with E-state index in [1.165, 1.54) is 0 Å². The average Bonchev–Trinajstić information content (AvgIpc) is 3.01. The molecule has 2 saturated heterocycles. The minimum absolute atomic E-state index is 0.165. The predicted molar refractivity (Wildman–Crippen MR) is 83.7 cm³/mol. The molecule has 2 aliphatic heterocycles. The number of aryl methyl sites for hydroxylation is 1. The second-order valence-corrected chi connectivity index (χ2v) is 7.04. The van der Waals surface area contributed by atoms with Gasteiger partial charge in [0.1, 0.15) is 0 Å². The lowest BCUT2D eigenvalue weighted by Crippen LogP contribution is -2.55. The number of amides is 1. The normalized spacial score (nSPS) is 27.3. The highest BCUT2D eigenvalue weighted by atomic mass is 19.3. The summed E-state index contributed by atoms with van der Waals surface area (Å²) in [7, 11) is 1.57. The lowest BCUT2D eigenvalue weighted by molar-refractivity contribution is -0.155. The molecular weight excluding hydrogens is 318 g/mol. The Bertz CT molecular complexity index is 607. The number of halogens is 2. The maximum atomic E-state index is 14.3. The number of hydrogen-bond acceptors (Lipinski definition) is 4. The molecule has 6 nitrogen and oxygen atoms in total. The van der Waals surface area contributed by atoms with Crippen LogP contribution in [-0.2, 0) is 16.1 Å². The lowest BCUT2D eigenvalue weighted by atomic mass is 9.77. The Morgan fingerprint density at radius 2 is 2.21 bits per heavy atom. The Hall–Kier alpha value is -1.54. The summed E-state index contributed by atoms with van der Waals surface area (Å²) in [5.74, 6) is -3.03. The first-order chi connectivity index (χ1) is 11.3. The molecular formula is C16H24F2N4O2. The summed E-state index contributed by atoms with van der Waals surface area (Å²) < 4.78 is 33.7. The van der Waals surface area contributed by atoms with Crippen molar-refractivity contribution in [2.24, 2.45) is 5.41 Å². The highest BCUT2D eigenvalue weighted by Gasteiger charge is 2.56. The summed E-state index contributed by atoms with van der Waals surface area (Å²) in [4.78, 5) is 16.1. The van der Waals surface area contributed by atoms with E-state index in [0.29, 0.717) is 39.2 Å². The zero-order valence-corrected chi connectivity index (χ0v) is 14.1. The van der Waals surface area contributed by atoms with Crippen molar-refractivity contribution >= 4 is 5.91 Å². The van der Waals surface area contributed by atoms with Gasteiger partial charge >= 0.3 is 0 Å². The summed E-state index contributed by atoms with van der Waals surface area (Å²) >= 11 is 0. The number of aromatic amines is 1. The average molecular weight is 342 g/mol. The lowest BCUT2D eigenvalue weighted by Gasteiger charge is -2.42. The standard InChI is InChI=1S/C16H24F2N4O2/c1-12-7-13(20-19-12)8-21-10-15(9-16(17,18)11-21)3-4-22(14(15)23)5-6-24-2/h7H,3-6,8-11H2,1-2H3,(H,19,20)/t15-/m0/s1. The molecule has 1 aromatic heterocycles. The summed E-state index contributed by atoms with van der Waals surface area (Å²) in [5.41, 5.74) is 0.633. The van der Waals surface area contributed by atoms with Gasteiger partial charge in [0.05, 0.1) is 24.3 Å². The van der Waals surface area contributed by atoms with E-state index >= 15 is 0 Å². The molecule has 134 valence electrons. The van der Waals surface area contributed by atoms with E-state index in [4.69, 9.17) is 4.74 Å². The van der Waals surface area contributed by atoms with Crippen LogP contribution in [0.5, 0.6) is 0 Å². The van der Waals surface area contributed by atoms with E-state index in [2.05, 4.69) is 10.2 Å². The molecule has 1 amide bonds. The number of methoxy groups -OCH3 is 1. The number of carbonyl (C=O) groups is 1. The topological polar surface area (TPSA) is 61.5 Å². The molecule has 0 bridgehead atoms. The molecule has 0 aliphatic carbocycles. The zero-order valence-electron chi connectivity index (χ0n) is 14.1. The number of rotatable bonds is 5. The quantitative estimate of drug-likeness (QED) is 0.879. The molecule has 1 atom stereocenters. The van der Waals surface area contributed by atoms with Gasteiger partial charge in [0.25, 0.3) is 5.92 Å². The number of piperidine rings is 1. The third kappa shape index (κ3) is 3.44. The van der Waals surface area contributed by atoms with Crippen LogP contribution < -0.4 is 0 Å². The van der Waals surface area contributed by atoms with E-state index in [0.717, 1.165) is 11.4 Å². The van der Waals surface area contributed by atoms with Crippen LogP contribution in [0.3, 0.4) is 0 Å². The zero-order chi connectivity index (χ0) is 17.4. The van der Waals surface area contributed by atoms with Crippen molar-refractivity contribution in [3.05, 3.63) is 17.5 Å². The van der Waals surface area contributed by atoms with Crippen LogP contribution in [0, 0.1) is 12.3 Å². The van der Waals surface area contributed by atoms with Gasteiger partial charge in [-0.1, -0.05) is 0 Å². The number of alkyl halides is 2. The highest BCUT2D eigenvalue weighted by molar-refractivity contribution is 5.85. The van der Waals surface area contributed by atoms with Gasteiger partial charge in [-0.05, 0) is 19.4 Å². The molecule has 1 spiro atoms. The Kier molecular flexibility index (Phi) is 4.61. The molecule has 24 heavy (non-hydrogen) atoms. The molecule has 1 N–H and O–H groups in total. The van der Waals surface area contributed by atoms with Crippen molar-refractivity contribution in [2.75, 3.05) is 39.9 Å². The first kappa shape index (κ1) is 17.3. The fourth-order valence-corrected chi connectivity index (χ4v) is 3.93.